The first-order chi connectivity index (χ1) is 17.9. The van der Waals surface area contributed by atoms with Gasteiger partial charge in [0, 0.05) is 49.7 Å². The van der Waals surface area contributed by atoms with Gasteiger partial charge >= 0.3 is 5.97 Å². The summed E-state index contributed by atoms with van der Waals surface area (Å²) in [5, 5.41) is 3.55. The maximum atomic E-state index is 13.8. The molecule has 0 unspecified atom stereocenters. The van der Waals surface area contributed by atoms with Crippen LogP contribution in [-0.4, -0.2) is 66.8 Å². The minimum atomic E-state index is -1.15. The second-order valence-electron chi connectivity index (χ2n) is 10.1. The van der Waals surface area contributed by atoms with E-state index >= 15 is 0 Å². The Bertz CT molecular complexity index is 1060. The Morgan fingerprint density at radius 2 is 1.92 bits per heavy atom. The molecule has 2 fully saturated rings. The van der Waals surface area contributed by atoms with Gasteiger partial charge in [-0.3, -0.25) is 19.2 Å². The molecule has 37 heavy (non-hydrogen) atoms. The van der Waals surface area contributed by atoms with Gasteiger partial charge in [0.1, 0.15) is 5.41 Å². The fraction of sp³-hybridized carbons (Fsp3) is 0.571. The van der Waals surface area contributed by atoms with Gasteiger partial charge in [0.25, 0.3) is 0 Å². The number of allylic oxidation sites excluding steroid dienone is 1. The van der Waals surface area contributed by atoms with Gasteiger partial charge in [0.05, 0.1) is 13.0 Å². The van der Waals surface area contributed by atoms with Crippen LogP contribution in [0.1, 0.15) is 56.9 Å². The van der Waals surface area contributed by atoms with Crippen molar-refractivity contribution < 1.29 is 23.9 Å². The number of fused-ring (bicyclic) bond motifs is 1. The summed E-state index contributed by atoms with van der Waals surface area (Å²) < 4.78 is 5.26. The van der Waals surface area contributed by atoms with E-state index in [2.05, 4.69) is 5.32 Å². The summed E-state index contributed by atoms with van der Waals surface area (Å²) in [5.41, 5.74) is 0.565. The number of carbonyl (C=O) groups is 4. The lowest BCUT2D eigenvalue weighted by Crippen LogP contribution is -2.41. The zero-order chi connectivity index (χ0) is 26.4. The molecule has 3 aliphatic rings. The average molecular weight is 530 g/mol. The molecule has 0 saturated carbocycles. The van der Waals surface area contributed by atoms with Crippen molar-refractivity contribution in [3.05, 3.63) is 46.6 Å². The standard InChI is InChI=1S/C28H36ClN3O5/c1-37-27(36)28-14-4-2-3-7-23(28)32(18-13-20-9-11-21(29)12-10-20)26(35)22(28)19-24(33)30-15-6-17-31-16-5-8-25(31)34/h7,9-12,22H,2-6,8,13-19H2,1H3,(H,30,33)/t22-,28-/m0/s1. The van der Waals surface area contributed by atoms with Gasteiger partial charge in [0.2, 0.25) is 17.7 Å². The van der Waals surface area contributed by atoms with Gasteiger partial charge in [-0.05, 0) is 56.2 Å². The predicted molar refractivity (Wildman–Crippen MR) is 139 cm³/mol. The van der Waals surface area contributed by atoms with Gasteiger partial charge in [-0.2, -0.15) is 0 Å². The van der Waals surface area contributed by atoms with Crippen LogP contribution in [0.5, 0.6) is 0 Å². The second-order valence-corrected chi connectivity index (χ2v) is 10.5. The predicted octanol–water partition coefficient (Wildman–Crippen LogP) is 3.48. The van der Waals surface area contributed by atoms with Crippen molar-refractivity contribution >= 4 is 35.3 Å². The molecule has 2 heterocycles. The number of benzene rings is 1. The lowest BCUT2D eigenvalue weighted by Gasteiger charge is -2.31. The largest absolute Gasteiger partial charge is 0.468 e. The minimum absolute atomic E-state index is 0.0780. The third kappa shape index (κ3) is 5.84. The fourth-order valence-electron chi connectivity index (χ4n) is 5.93. The summed E-state index contributed by atoms with van der Waals surface area (Å²) in [4.78, 5) is 55.4. The summed E-state index contributed by atoms with van der Waals surface area (Å²) in [7, 11) is 1.34. The van der Waals surface area contributed by atoms with Gasteiger partial charge in [0.15, 0.2) is 0 Å². The molecule has 1 N–H and O–H groups in total. The number of nitrogens with zero attached hydrogens (tertiary/aromatic N) is 2. The van der Waals surface area contributed by atoms with Crippen LogP contribution in [-0.2, 0) is 30.3 Å². The molecule has 1 aromatic carbocycles. The van der Waals surface area contributed by atoms with E-state index in [4.69, 9.17) is 16.3 Å². The smallest absolute Gasteiger partial charge is 0.318 e. The van der Waals surface area contributed by atoms with E-state index in [0.717, 1.165) is 37.8 Å². The molecule has 9 heteroatoms. The number of likely N-dealkylation sites (tertiary alicyclic amines) is 2. The third-order valence-corrected chi connectivity index (χ3v) is 8.10. The molecule has 0 radical (unpaired) electrons. The summed E-state index contributed by atoms with van der Waals surface area (Å²) in [6, 6.07) is 7.50. The van der Waals surface area contributed by atoms with Gasteiger partial charge < -0.3 is 19.9 Å². The molecular weight excluding hydrogens is 494 g/mol. The highest BCUT2D eigenvalue weighted by Crippen LogP contribution is 2.53. The highest BCUT2D eigenvalue weighted by atomic mass is 35.5. The Labute approximate surface area is 223 Å². The molecule has 2 saturated heterocycles. The first kappa shape index (κ1) is 27.2. The van der Waals surface area contributed by atoms with Crippen molar-refractivity contribution in [2.24, 2.45) is 11.3 Å². The molecule has 1 aliphatic carbocycles. The Morgan fingerprint density at radius 3 is 2.62 bits per heavy atom. The molecule has 0 aromatic heterocycles. The SMILES string of the molecule is COC(=O)[C@]12CCCCC=C1N(CCc1ccc(Cl)cc1)C(=O)[C@@H]2CC(=O)NCCCN1CCCC1=O. The van der Waals surface area contributed by atoms with Crippen LogP contribution < -0.4 is 5.32 Å². The Morgan fingerprint density at radius 1 is 1.14 bits per heavy atom. The number of amides is 3. The van der Waals surface area contributed by atoms with Gasteiger partial charge in [-0.25, -0.2) is 0 Å². The fourth-order valence-corrected chi connectivity index (χ4v) is 6.06. The first-order valence-electron chi connectivity index (χ1n) is 13.3. The van der Waals surface area contributed by atoms with Crippen LogP contribution in [0.25, 0.3) is 0 Å². The molecule has 0 bridgehead atoms. The van der Waals surface area contributed by atoms with E-state index in [-0.39, 0.29) is 24.1 Å². The van der Waals surface area contributed by atoms with Crippen molar-refractivity contribution in [2.75, 3.05) is 33.3 Å². The average Bonchev–Trinajstić information content (AvgIpc) is 3.29. The number of hydrogen-bond donors (Lipinski definition) is 1. The Hall–Kier alpha value is -2.87. The van der Waals surface area contributed by atoms with Crippen molar-refractivity contribution in [3.8, 4) is 0 Å². The van der Waals surface area contributed by atoms with Crippen molar-refractivity contribution in [3.63, 3.8) is 0 Å². The van der Waals surface area contributed by atoms with Gasteiger partial charge in [-0.1, -0.05) is 36.2 Å². The van der Waals surface area contributed by atoms with Gasteiger partial charge in [-0.15, -0.1) is 0 Å². The first-order valence-corrected chi connectivity index (χ1v) is 13.6. The number of rotatable bonds is 10. The molecule has 8 nitrogen and oxygen atoms in total. The minimum Gasteiger partial charge on any atom is -0.468 e. The molecule has 4 rings (SSSR count). The normalized spacial score (nSPS) is 23.5. The zero-order valence-corrected chi connectivity index (χ0v) is 22.2. The molecule has 0 spiro atoms. The number of ether oxygens (including phenoxy) is 1. The number of nitrogens with one attached hydrogen (secondary N) is 1. The second kappa shape index (κ2) is 12.1. The highest BCUT2D eigenvalue weighted by Gasteiger charge is 2.61. The monoisotopic (exact) mass is 529 g/mol. The maximum absolute atomic E-state index is 13.8. The molecular formula is C28H36ClN3O5. The third-order valence-electron chi connectivity index (χ3n) is 7.84. The van der Waals surface area contributed by atoms with Crippen LogP contribution in [0.2, 0.25) is 5.02 Å². The topological polar surface area (TPSA) is 96.0 Å². The lowest BCUT2D eigenvalue weighted by atomic mass is 9.71. The molecule has 2 atom stereocenters. The van der Waals surface area contributed by atoms with E-state index < -0.39 is 17.3 Å². The number of halogens is 1. The lowest BCUT2D eigenvalue weighted by molar-refractivity contribution is -0.155. The quantitative estimate of drug-likeness (QED) is 0.370. The van der Waals surface area contributed by atoms with Crippen molar-refractivity contribution in [2.45, 2.75) is 57.8 Å². The number of methoxy groups -OCH3 is 1. The van der Waals surface area contributed by atoms with Crippen molar-refractivity contribution in [1.82, 2.24) is 15.1 Å². The Kier molecular flexibility index (Phi) is 8.90. The molecule has 200 valence electrons. The van der Waals surface area contributed by atoms with Crippen LogP contribution in [0.15, 0.2) is 36.0 Å². The van der Waals surface area contributed by atoms with Crippen LogP contribution in [0.3, 0.4) is 0 Å². The van der Waals surface area contributed by atoms with Crippen molar-refractivity contribution in [1.29, 1.82) is 0 Å². The summed E-state index contributed by atoms with van der Waals surface area (Å²) >= 11 is 6.01. The number of hydrogen-bond acceptors (Lipinski definition) is 5. The number of carbonyl (C=O) groups excluding carboxylic acids is 4. The number of esters is 1. The van der Waals surface area contributed by atoms with Crippen LogP contribution in [0, 0.1) is 11.3 Å². The van der Waals surface area contributed by atoms with E-state index in [1.807, 2.05) is 35.2 Å². The molecule has 3 amide bonds. The highest BCUT2D eigenvalue weighted by molar-refractivity contribution is 6.30. The maximum Gasteiger partial charge on any atom is 0.318 e. The molecule has 1 aromatic rings. The van der Waals surface area contributed by atoms with Crippen LogP contribution in [0.4, 0.5) is 0 Å². The summed E-state index contributed by atoms with van der Waals surface area (Å²) in [6.45, 7) is 2.20. The summed E-state index contributed by atoms with van der Waals surface area (Å²) in [5.74, 6) is -1.57. The Balaban J connectivity index is 1.48. The van der Waals surface area contributed by atoms with E-state index in [1.54, 1.807) is 4.90 Å². The van der Waals surface area contributed by atoms with E-state index in [1.165, 1.54) is 7.11 Å². The molecule has 2 aliphatic heterocycles. The zero-order valence-electron chi connectivity index (χ0n) is 21.5. The summed E-state index contributed by atoms with van der Waals surface area (Å²) in [6.07, 6.45) is 7.58. The van der Waals surface area contributed by atoms with E-state index in [0.29, 0.717) is 56.0 Å². The van der Waals surface area contributed by atoms with Crippen LogP contribution >= 0.6 is 11.6 Å². The van der Waals surface area contributed by atoms with E-state index in [9.17, 15) is 19.2 Å².